The minimum atomic E-state index is -0.382. The van der Waals surface area contributed by atoms with Crippen LogP contribution < -0.4 is 0 Å². The topological polar surface area (TPSA) is 23.8 Å². The molecule has 0 aromatic heterocycles. The van der Waals surface area contributed by atoms with E-state index in [9.17, 15) is 0 Å². The van der Waals surface area contributed by atoms with Crippen LogP contribution in [0, 0.1) is 11.3 Å². The maximum Gasteiger partial charge on any atom is 0.119 e. The van der Waals surface area contributed by atoms with Gasteiger partial charge in [0.15, 0.2) is 0 Å². The summed E-state index contributed by atoms with van der Waals surface area (Å²) in [7, 11) is 0. The van der Waals surface area contributed by atoms with Gasteiger partial charge in [-0.1, -0.05) is 31.9 Å². The quantitative estimate of drug-likeness (QED) is 0.629. The Labute approximate surface area is 60.0 Å². The van der Waals surface area contributed by atoms with E-state index in [1.807, 2.05) is 6.92 Å². The van der Waals surface area contributed by atoms with Crippen molar-refractivity contribution in [2.24, 2.45) is 0 Å². The summed E-state index contributed by atoms with van der Waals surface area (Å²) < 4.78 is -0.382. The van der Waals surface area contributed by atoms with Crippen LogP contribution in [0.5, 0.6) is 0 Å². The Hall–Kier alpha value is 0.450. The molecular weight excluding hydrogens is 222 g/mol. The van der Waals surface area contributed by atoms with Crippen LogP contribution in [0.15, 0.2) is 0 Å². The summed E-state index contributed by atoms with van der Waals surface area (Å²) in [6.45, 7) is 1.81. The lowest BCUT2D eigenvalue weighted by molar-refractivity contribution is 0.959. The van der Waals surface area contributed by atoms with Crippen molar-refractivity contribution < 1.29 is 0 Å². The van der Waals surface area contributed by atoms with Crippen molar-refractivity contribution in [3.8, 4) is 6.07 Å². The molecule has 0 saturated carbocycles. The number of alkyl halides is 2. The molecule has 0 saturated heterocycles. The summed E-state index contributed by atoms with van der Waals surface area (Å²) in [5, 5.41) is 8.93. The first-order valence-corrected chi connectivity index (χ1v) is 3.70. The summed E-state index contributed by atoms with van der Waals surface area (Å²) >= 11 is 6.33. The second-order valence-corrected chi connectivity index (χ2v) is 3.75. The fourth-order valence-electron chi connectivity index (χ4n) is 0.0299. The van der Waals surface area contributed by atoms with Gasteiger partial charge in [-0.15, -0.1) is 0 Å². The highest BCUT2D eigenvalue weighted by Gasteiger charge is 2.15. The van der Waals surface area contributed by atoms with Crippen LogP contribution in [-0.4, -0.2) is 9.65 Å². The zero-order valence-corrected chi connectivity index (χ0v) is 7.08. The third-order valence-corrected chi connectivity index (χ3v) is 2.82. The predicted molar refractivity (Wildman–Crippen MR) is 36.7 cm³/mol. The highest BCUT2D eigenvalue weighted by Crippen LogP contribution is 2.17. The molecule has 0 spiro atoms. The summed E-state index contributed by atoms with van der Waals surface area (Å²) in [4.78, 5) is 0. The van der Waals surface area contributed by atoms with E-state index in [-0.39, 0.29) is 4.32 Å². The van der Waals surface area contributed by atoms with Crippen LogP contribution in [-0.2, 0) is 0 Å². The first kappa shape index (κ1) is 7.45. The number of nitriles is 1. The molecule has 0 heterocycles. The normalized spacial score (nSPS) is 17.4. The largest absolute Gasteiger partial charge is 0.197 e. The summed E-state index contributed by atoms with van der Waals surface area (Å²) in [6.07, 6.45) is 0. The molecule has 0 radical (unpaired) electrons. The molecule has 0 aliphatic heterocycles. The van der Waals surface area contributed by atoms with Gasteiger partial charge in [0.25, 0.3) is 0 Å². The van der Waals surface area contributed by atoms with Gasteiger partial charge in [-0.25, -0.2) is 0 Å². The highest BCUT2D eigenvalue weighted by molar-refractivity contribution is 9.12. The smallest absolute Gasteiger partial charge is 0.119 e. The predicted octanol–water partition coefficient (Wildman–Crippen LogP) is 2.06. The minimum absolute atomic E-state index is 0.382. The van der Waals surface area contributed by atoms with E-state index in [2.05, 4.69) is 37.9 Å². The average Bonchev–Trinajstić information content (AvgIpc) is 1.68. The second-order valence-electron chi connectivity index (χ2n) is 1.44. The average molecular weight is 227 g/mol. The van der Waals surface area contributed by atoms with Crippen molar-refractivity contribution in [3.05, 3.63) is 0 Å². The van der Waals surface area contributed by atoms with Crippen molar-refractivity contribution in [1.29, 1.82) is 5.26 Å². The first-order chi connectivity index (χ1) is 3.12. The van der Waals surface area contributed by atoms with Gasteiger partial charge in [-0.2, -0.15) is 5.26 Å². The lowest BCUT2D eigenvalue weighted by Gasteiger charge is -2.04. The van der Waals surface area contributed by atoms with Gasteiger partial charge in [0, 0.05) is 5.33 Å². The molecule has 0 aromatic carbocycles. The summed E-state index contributed by atoms with van der Waals surface area (Å²) in [6, 6.07) is 2.06. The standard InChI is InChI=1S/C4H5Br2N/c1-4(6,2-5)3-7/h2H2,1H3/t4-/m1/s1. The Morgan fingerprint density at radius 3 is 2.29 bits per heavy atom. The number of nitrogens with zero attached hydrogens (tertiary/aromatic N) is 1. The van der Waals surface area contributed by atoms with Crippen molar-refractivity contribution in [3.63, 3.8) is 0 Å². The molecule has 0 bridgehead atoms. The number of hydrogen-bond donors (Lipinski definition) is 0. The van der Waals surface area contributed by atoms with Gasteiger partial charge in [0.2, 0.25) is 0 Å². The molecular formula is C4H5Br2N. The Balaban J connectivity index is 3.66. The molecule has 0 N–H and O–H groups in total. The molecule has 7 heavy (non-hydrogen) atoms. The molecule has 0 aliphatic carbocycles. The van der Waals surface area contributed by atoms with E-state index in [4.69, 9.17) is 5.26 Å². The van der Waals surface area contributed by atoms with Crippen LogP contribution in [0.1, 0.15) is 6.92 Å². The molecule has 0 aromatic rings. The molecule has 0 unspecified atom stereocenters. The molecule has 1 nitrogen and oxygen atoms in total. The lowest BCUT2D eigenvalue weighted by atomic mass is 10.3. The van der Waals surface area contributed by atoms with Gasteiger partial charge in [-0.3, -0.25) is 0 Å². The molecule has 1 atom stereocenters. The molecule has 0 aliphatic rings. The van der Waals surface area contributed by atoms with Crippen LogP contribution in [0.3, 0.4) is 0 Å². The zero-order valence-electron chi connectivity index (χ0n) is 3.91. The van der Waals surface area contributed by atoms with Crippen LogP contribution in [0.25, 0.3) is 0 Å². The van der Waals surface area contributed by atoms with Crippen molar-refractivity contribution in [1.82, 2.24) is 0 Å². The van der Waals surface area contributed by atoms with E-state index in [1.165, 1.54) is 0 Å². The van der Waals surface area contributed by atoms with Gasteiger partial charge < -0.3 is 0 Å². The second kappa shape index (κ2) is 2.68. The molecule has 0 rings (SSSR count). The zero-order chi connectivity index (χ0) is 5.91. The summed E-state index contributed by atoms with van der Waals surface area (Å²) in [5.41, 5.74) is 0. The van der Waals surface area contributed by atoms with E-state index in [0.717, 1.165) is 0 Å². The fraction of sp³-hybridized carbons (Fsp3) is 0.750. The Morgan fingerprint density at radius 2 is 2.29 bits per heavy atom. The molecule has 0 amide bonds. The monoisotopic (exact) mass is 225 g/mol. The van der Waals surface area contributed by atoms with E-state index in [1.54, 1.807) is 0 Å². The van der Waals surface area contributed by atoms with E-state index < -0.39 is 0 Å². The van der Waals surface area contributed by atoms with Crippen molar-refractivity contribution >= 4 is 31.9 Å². The lowest BCUT2D eigenvalue weighted by Crippen LogP contribution is -2.12. The SMILES string of the molecule is C[C@](Br)(C#N)CBr. The molecule has 40 valence electrons. The van der Waals surface area contributed by atoms with Gasteiger partial charge in [0.05, 0.1) is 6.07 Å². The third-order valence-electron chi connectivity index (χ3n) is 0.484. The summed E-state index contributed by atoms with van der Waals surface area (Å²) in [5.74, 6) is 0. The number of hydrogen-bond acceptors (Lipinski definition) is 1. The Bertz CT molecular complexity index is 92.4. The maximum absolute atomic E-state index is 8.27. The van der Waals surface area contributed by atoms with Crippen molar-refractivity contribution in [2.75, 3.05) is 5.33 Å². The highest BCUT2D eigenvalue weighted by atomic mass is 79.9. The van der Waals surface area contributed by atoms with Crippen molar-refractivity contribution in [2.45, 2.75) is 11.2 Å². The maximum atomic E-state index is 8.27. The van der Waals surface area contributed by atoms with E-state index >= 15 is 0 Å². The van der Waals surface area contributed by atoms with Crippen LogP contribution in [0.2, 0.25) is 0 Å². The Kier molecular flexibility index (Phi) is 2.86. The van der Waals surface area contributed by atoms with Gasteiger partial charge in [-0.05, 0) is 6.92 Å². The van der Waals surface area contributed by atoms with Crippen LogP contribution >= 0.6 is 31.9 Å². The number of halogens is 2. The third kappa shape index (κ3) is 3.07. The molecule has 0 fully saturated rings. The minimum Gasteiger partial charge on any atom is -0.197 e. The van der Waals surface area contributed by atoms with Crippen LogP contribution in [0.4, 0.5) is 0 Å². The van der Waals surface area contributed by atoms with Gasteiger partial charge in [0.1, 0.15) is 4.32 Å². The number of rotatable bonds is 1. The van der Waals surface area contributed by atoms with E-state index in [0.29, 0.717) is 5.33 Å². The first-order valence-electron chi connectivity index (χ1n) is 1.78. The fourth-order valence-corrected chi connectivity index (χ4v) is 0.155. The van der Waals surface area contributed by atoms with Gasteiger partial charge >= 0.3 is 0 Å². The Morgan fingerprint density at radius 1 is 1.86 bits per heavy atom. The molecule has 3 heteroatoms.